The summed E-state index contributed by atoms with van der Waals surface area (Å²) in [6, 6.07) is 3.54. The van der Waals surface area contributed by atoms with E-state index in [1.165, 1.54) is 0 Å². The van der Waals surface area contributed by atoms with Gasteiger partial charge in [-0.15, -0.1) is 0 Å². The zero-order valence-electron chi connectivity index (χ0n) is 24.9. The minimum atomic E-state index is -1.15. The fourth-order valence-electron chi connectivity index (χ4n) is 4.56. The second-order valence-corrected chi connectivity index (χ2v) is 10.8. The molecule has 0 aliphatic heterocycles. The summed E-state index contributed by atoms with van der Waals surface area (Å²) < 4.78 is 0. The van der Waals surface area contributed by atoms with Crippen LogP contribution in [0.15, 0.2) is 35.5 Å². The van der Waals surface area contributed by atoms with Crippen molar-refractivity contribution in [3.05, 3.63) is 36.0 Å². The van der Waals surface area contributed by atoms with Crippen molar-refractivity contribution >= 4 is 40.6 Å². The highest BCUT2D eigenvalue weighted by molar-refractivity contribution is 5.94. The van der Waals surface area contributed by atoms with Gasteiger partial charge in [0.05, 0.1) is 6.04 Å². The Bertz CT molecular complexity index is 1240. The molecule has 3 amide bonds. The van der Waals surface area contributed by atoms with E-state index in [9.17, 15) is 24.3 Å². The lowest BCUT2D eigenvalue weighted by Crippen LogP contribution is -2.59. The van der Waals surface area contributed by atoms with Gasteiger partial charge in [-0.1, -0.05) is 58.7 Å². The van der Waals surface area contributed by atoms with Gasteiger partial charge in [0.25, 0.3) is 0 Å². The maximum absolute atomic E-state index is 13.5. The number of rotatable bonds is 17. The number of amides is 3. The third kappa shape index (κ3) is 9.75. The number of hydrogen-bond acceptors (Lipinski definition) is 6. The van der Waals surface area contributed by atoms with Crippen molar-refractivity contribution in [2.75, 3.05) is 6.54 Å². The first-order valence-electron chi connectivity index (χ1n) is 14.4. The Morgan fingerprint density at radius 2 is 1.55 bits per heavy atom. The Labute approximate surface area is 246 Å². The standard InChI is InChI=1S/C29H46N8O5/c1-5-16(3)23(27(40)37-24(28(41)42)17(4)6-2)36-26(39)22(12-9-13-33-29(31)32)35-25(38)20(30)14-18-15-34-21-11-8-7-10-19(18)21/h7-8,10-11,15-17,20,22-24,34H,5-6,9,12-14,30H2,1-4H3,(H,35,38)(H,36,39)(H,37,40)(H,41,42)(H4,31,32,33). The number of carboxylic acids is 1. The monoisotopic (exact) mass is 586 g/mol. The molecule has 42 heavy (non-hydrogen) atoms. The molecule has 2 aromatic rings. The second kappa shape index (κ2) is 16.3. The number of hydrogen-bond donors (Lipinski definition) is 8. The number of benzene rings is 1. The van der Waals surface area contributed by atoms with E-state index in [2.05, 4.69) is 25.9 Å². The second-order valence-electron chi connectivity index (χ2n) is 10.8. The molecule has 1 aromatic carbocycles. The molecular weight excluding hydrogens is 540 g/mol. The molecule has 11 N–H and O–H groups in total. The van der Waals surface area contributed by atoms with Gasteiger partial charge in [-0.2, -0.15) is 0 Å². The number of aromatic nitrogens is 1. The molecule has 0 bridgehead atoms. The number of carbonyl (C=O) groups is 4. The molecule has 0 radical (unpaired) electrons. The SMILES string of the molecule is CCC(C)C(NC(=O)C(NC(=O)C(CCCN=C(N)N)NC(=O)C(N)Cc1c[nH]c2ccccc12)C(C)CC)C(=O)O. The third-order valence-electron chi connectivity index (χ3n) is 7.60. The van der Waals surface area contributed by atoms with Crippen LogP contribution >= 0.6 is 0 Å². The fourth-order valence-corrected chi connectivity index (χ4v) is 4.56. The van der Waals surface area contributed by atoms with Gasteiger partial charge in [-0.05, 0) is 42.7 Å². The summed E-state index contributed by atoms with van der Waals surface area (Å²) in [7, 11) is 0. The summed E-state index contributed by atoms with van der Waals surface area (Å²) in [6.07, 6.45) is 3.66. The molecule has 0 fully saturated rings. The highest BCUT2D eigenvalue weighted by Crippen LogP contribution is 2.19. The minimum Gasteiger partial charge on any atom is -0.480 e. The molecule has 6 unspecified atom stereocenters. The largest absolute Gasteiger partial charge is 0.480 e. The Morgan fingerprint density at radius 3 is 2.17 bits per heavy atom. The molecule has 2 rings (SSSR count). The van der Waals surface area contributed by atoms with Crippen LogP contribution in [0.5, 0.6) is 0 Å². The predicted octanol–water partition coefficient (Wildman–Crippen LogP) is 0.723. The zero-order chi connectivity index (χ0) is 31.4. The Hall–Kier alpha value is -4.13. The molecule has 13 nitrogen and oxygen atoms in total. The summed E-state index contributed by atoms with van der Waals surface area (Å²) in [5.74, 6) is -3.61. The van der Waals surface area contributed by atoms with E-state index in [0.717, 1.165) is 16.5 Å². The van der Waals surface area contributed by atoms with Crippen LogP contribution in [0, 0.1) is 11.8 Å². The summed E-state index contributed by atoms with van der Waals surface area (Å²) in [6.45, 7) is 7.44. The highest BCUT2D eigenvalue weighted by Gasteiger charge is 2.34. The number of nitrogens with two attached hydrogens (primary N) is 3. The van der Waals surface area contributed by atoms with Crippen molar-refractivity contribution in [3.8, 4) is 0 Å². The van der Waals surface area contributed by atoms with E-state index in [-0.39, 0.29) is 37.2 Å². The van der Waals surface area contributed by atoms with Crippen LogP contribution < -0.4 is 33.2 Å². The van der Waals surface area contributed by atoms with E-state index in [1.807, 2.05) is 38.1 Å². The average molecular weight is 587 g/mol. The summed E-state index contributed by atoms with van der Waals surface area (Å²) in [5.41, 5.74) is 18.9. The molecule has 0 aliphatic rings. The van der Waals surface area contributed by atoms with E-state index in [0.29, 0.717) is 19.3 Å². The molecule has 0 aliphatic carbocycles. The smallest absolute Gasteiger partial charge is 0.326 e. The van der Waals surface area contributed by atoms with Crippen molar-refractivity contribution in [2.45, 2.75) is 84.0 Å². The molecule has 0 spiro atoms. The summed E-state index contributed by atoms with van der Waals surface area (Å²) in [4.78, 5) is 58.8. The average Bonchev–Trinajstić information content (AvgIpc) is 3.37. The van der Waals surface area contributed by atoms with E-state index in [4.69, 9.17) is 17.2 Å². The predicted molar refractivity (Wildman–Crippen MR) is 162 cm³/mol. The minimum absolute atomic E-state index is 0.0939. The zero-order valence-corrected chi connectivity index (χ0v) is 24.9. The van der Waals surface area contributed by atoms with E-state index in [1.54, 1.807) is 20.0 Å². The van der Waals surface area contributed by atoms with Crippen molar-refractivity contribution in [1.82, 2.24) is 20.9 Å². The molecule has 13 heteroatoms. The van der Waals surface area contributed by atoms with Crippen molar-refractivity contribution in [3.63, 3.8) is 0 Å². The lowest BCUT2D eigenvalue weighted by Gasteiger charge is -2.29. The number of carbonyl (C=O) groups excluding carboxylic acids is 3. The molecule has 0 saturated carbocycles. The van der Waals surface area contributed by atoms with Crippen LogP contribution in [-0.4, -0.2) is 70.5 Å². The Kier molecular flexibility index (Phi) is 13.3. The first-order valence-corrected chi connectivity index (χ1v) is 14.4. The van der Waals surface area contributed by atoms with E-state index >= 15 is 0 Å². The van der Waals surface area contributed by atoms with Gasteiger partial charge in [0, 0.05) is 23.6 Å². The van der Waals surface area contributed by atoms with Gasteiger partial charge < -0.3 is 43.2 Å². The maximum atomic E-state index is 13.5. The molecule has 232 valence electrons. The third-order valence-corrected chi connectivity index (χ3v) is 7.60. The Morgan fingerprint density at radius 1 is 0.929 bits per heavy atom. The number of H-pyrrole nitrogens is 1. The molecule has 1 heterocycles. The van der Waals surface area contributed by atoms with E-state index < -0.39 is 47.9 Å². The number of nitrogens with one attached hydrogen (secondary N) is 4. The first kappa shape index (κ1) is 34.1. The number of aliphatic carboxylic acids is 1. The van der Waals surface area contributed by atoms with Gasteiger partial charge >= 0.3 is 5.97 Å². The van der Waals surface area contributed by atoms with Gasteiger partial charge in [-0.25, -0.2) is 4.79 Å². The first-order chi connectivity index (χ1) is 19.9. The molecule has 1 aromatic heterocycles. The number of carboxylic acid groups (broad SMARTS) is 1. The summed E-state index contributed by atoms with van der Waals surface area (Å²) >= 11 is 0. The molecule has 0 saturated heterocycles. The highest BCUT2D eigenvalue weighted by atomic mass is 16.4. The van der Waals surface area contributed by atoms with Crippen LogP contribution in [-0.2, 0) is 25.6 Å². The molecule has 6 atom stereocenters. The van der Waals surface area contributed by atoms with Crippen LogP contribution in [0.4, 0.5) is 0 Å². The van der Waals surface area contributed by atoms with Crippen molar-refractivity contribution in [1.29, 1.82) is 0 Å². The number of aromatic amines is 1. The van der Waals surface area contributed by atoms with Gasteiger partial charge in [0.2, 0.25) is 17.7 Å². The fraction of sp³-hybridized carbons (Fsp3) is 0.552. The van der Waals surface area contributed by atoms with Crippen LogP contribution in [0.25, 0.3) is 10.9 Å². The number of nitrogens with zero attached hydrogens (tertiary/aromatic N) is 1. The van der Waals surface area contributed by atoms with Gasteiger partial charge in [-0.3, -0.25) is 19.4 Å². The maximum Gasteiger partial charge on any atom is 0.326 e. The number of para-hydroxylation sites is 1. The topological polar surface area (TPSA) is 231 Å². The lowest BCUT2D eigenvalue weighted by molar-refractivity contribution is -0.144. The number of aliphatic imine (C=N–C) groups is 1. The van der Waals surface area contributed by atoms with Crippen LogP contribution in [0.3, 0.4) is 0 Å². The van der Waals surface area contributed by atoms with Crippen molar-refractivity contribution < 1.29 is 24.3 Å². The number of fused-ring (bicyclic) bond motifs is 1. The Balaban J connectivity index is 2.20. The quantitative estimate of drug-likeness (QED) is 0.0746. The number of guanidine groups is 1. The summed E-state index contributed by atoms with van der Waals surface area (Å²) in [5, 5.41) is 18.6. The van der Waals surface area contributed by atoms with Gasteiger partial charge in [0.15, 0.2) is 5.96 Å². The van der Waals surface area contributed by atoms with Gasteiger partial charge in [0.1, 0.15) is 18.1 Å². The molecular formula is C29H46N8O5. The lowest BCUT2D eigenvalue weighted by atomic mass is 9.95. The normalized spacial score (nSPS) is 15.5. The van der Waals surface area contributed by atoms with Crippen molar-refractivity contribution in [2.24, 2.45) is 34.0 Å². The van der Waals surface area contributed by atoms with Crippen LogP contribution in [0.1, 0.15) is 58.9 Å². The van der Waals surface area contributed by atoms with Crippen LogP contribution in [0.2, 0.25) is 0 Å².